The lowest BCUT2D eigenvalue weighted by Gasteiger charge is -2.02. The molecule has 0 saturated carbocycles. The number of benzene rings is 1. The van der Waals surface area contributed by atoms with Crippen molar-refractivity contribution in [3.05, 3.63) is 27.7 Å². The summed E-state index contributed by atoms with van der Waals surface area (Å²) in [6, 6.07) is 6.68. The summed E-state index contributed by atoms with van der Waals surface area (Å²) in [4.78, 5) is 3.21. The maximum Gasteiger partial charge on any atom is 0.159 e. The van der Waals surface area contributed by atoms with Crippen molar-refractivity contribution in [1.29, 1.82) is 0 Å². The number of aryl methyl sites for hydroxylation is 1. The van der Waals surface area contributed by atoms with Crippen LogP contribution in [0.2, 0.25) is 0 Å². The second kappa shape index (κ2) is 7.05. The van der Waals surface area contributed by atoms with Gasteiger partial charge in [0.05, 0.1) is 10.2 Å². The number of H-pyrrole nitrogens is 1. The molecule has 3 heteroatoms. The predicted octanol–water partition coefficient (Wildman–Crippen LogP) is 5.86. The van der Waals surface area contributed by atoms with E-state index >= 15 is 0 Å². The van der Waals surface area contributed by atoms with Crippen molar-refractivity contribution in [2.24, 2.45) is 0 Å². The summed E-state index contributed by atoms with van der Waals surface area (Å²) in [5.41, 5.74) is 2.62. The molecule has 0 spiro atoms. The van der Waals surface area contributed by atoms with Gasteiger partial charge in [0.2, 0.25) is 0 Å². The molecule has 1 nitrogen and oxygen atoms in total. The highest BCUT2D eigenvalue weighted by Gasteiger charge is 1.99. The lowest BCUT2D eigenvalue weighted by atomic mass is 10.0. The number of hydrogen-bond acceptors (Lipinski definition) is 2. The highest BCUT2D eigenvalue weighted by molar-refractivity contribution is 7.73. The van der Waals surface area contributed by atoms with Gasteiger partial charge in [0.15, 0.2) is 3.95 Å². The Kier molecular flexibility index (Phi) is 5.39. The largest absolute Gasteiger partial charge is 0.337 e. The van der Waals surface area contributed by atoms with Crippen molar-refractivity contribution < 1.29 is 0 Å². The molecule has 0 amide bonds. The fraction of sp³-hybridized carbons (Fsp3) is 0.533. The number of thiazole rings is 1. The summed E-state index contributed by atoms with van der Waals surface area (Å²) in [6.45, 7) is 2.26. The molecule has 0 saturated heterocycles. The van der Waals surface area contributed by atoms with Crippen LogP contribution in [0, 0.1) is 3.95 Å². The number of aromatic amines is 1. The number of aromatic nitrogens is 1. The van der Waals surface area contributed by atoms with E-state index in [9.17, 15) is 0 Å². The second-order valence-electron chi connectivity index (χ2n) is 4.86. The topological polar surface area (TPSA) is 15.8 Å². The fourth-order valence-corrected chi connectivity index (χ4v) is 3.43. The van der Waals surface area contributed by atoms with E-state index in [1.807, 2.05) is 0 Å². The predicted molar refractivity (Wildman–Crippen MR) is 84.1 cm³/mol. The van der Waals surface area contributed by atoms with E-state index in [-0.39, 0.29) is 0 Å². The Balaban J connectivity index is 1.82. The summed E-state index contributed by atoms with van der Waals surface area (Å²) in [5, 5.41) is 0. The summed E-state index contributed by atoms with van der Waals surface area (Å²) < 4.78 is 2.17. The van der Waals surface area contributed by atoms with Gasteiger partial charge in [-0.3, -0.25) is 0 Å². The van der Waals surface area contributed by atoms with E-state index in [1.54, 1.807) is 11.3 Å². The van der Waals surface area contributed by atoms with Gasteiger partial charge < -0.3 is 4.98 Å². The van der Waals surface area contributed by atoms with Crippen molar-refractivity contribution in [3.63, 3.8) is 0 Å². The third kappa shape index (κ3) is 3.92. The quantitative estimate of drug-likeness (QED) is 0.495. The number of rotatable bonds is 7. The van der Waals surface area contributed by atoms with Crippen LogP contribution in [0.3, 0.4) is 0 Å². The van der Waals surface area contributed by atoms with E-state index in [4.69, 9.17) is 12.2 Å². The molecule has 0 aliphatic rings. The molecule has 0 radical (unpaired) electrons. The second-order valence-corrected chi connectivity index (χ2v) is 6.58. The van der Waals surface area contributed by atoms with Gasteiger partial charge in [0.25, 0.3) is 0 Å². The molecule has 1 heterocycles. The number of unbranched alkanes of at least 4 members (excludes halogenated alkanes) is 5. The molecule has 1 aromatic heterocycles. The molecule has 0 bridgehead atoms. The van der Waals surface area contributed by atoms with Gasteiger partial charge in [-0.05, 0) is 42.8 Å². The zero-order chi connectivity index (χ0) is 12.8. The zero-order valence-electron chi connectivity index (χ0n) is 11.0. The van der Waals surface area contributed by atoms with E-state index in [2.05, 4.69) is 30.1 Å². The molecular weight excluding hydrogens is 258 g/mol. The van der Waals surface area contributed by atoms with Gasteiger partial charge in [-0.1, -0.05) is 45.1 Å². The highest BCUT2D eigenvalue weighted by Crippen LogP contribution is 2.21. The average Bonchev–Trinajstić information content (AvgIpc) is 2.73. The molecule has 2 aromatic rings. The van der Waals surface area contributed by atoms with Crippen LogP contribution in [0.1, 0.15) is 51.0 Å². The zero-order valence-corrected chi connectivity index (χ0v) is 12.6. The molecule has 1 aromatic carbocycles. The smallest absolute Gasteiger partial charge is 0.159 e. The number of hydrogen-bond donors (Lipinski definition) is 1. The first-order valence-corrected chi connectivity index (χ1v) is 8.14. The van der Waals surface area contributed by atoms with Crippen LogP contribution in [-0.4, -0.2) is 4.98 Å². The summed E-state index contributed by atoms with van der Waals surface area (Å²) in [5.74, 6) is 0. The van der Waals surface area contributed by atoms with Crippen molar-refractivity contribution in [1.82, 2.24) is 4.98 Å². The van der Waals surface area contributed by atoms with Gasteiger partial charge >= 0.3 is 0 Å². The van der Waals surface area contributed by atoms with Crippen LogP contribution in [0.4, 0.5) is 0 Å². The number of fused-ring (bicyclic) bond motifs is 1. The maximum absolute atomic E-state index is 5.17. The molecule has 0 aliphatic heterocycles. The van der Waals surface area contributed by atoms with Gasteiger partial charge in [-0.25, -0.2) is 0 Å². The van der Waals surface area contributed by atoms with Gasteiger partial charge in [-0.15, -0.1) is 11.3 Å². The monoisotopic (exact) mass is 279 g/mol. The minimum absolute atomic E-state index is 0.877. The van der Waals surface area contributed by atoms with Crippen LogP contribution < -0.4 is 0 Å². The van der Waals surface area contributed by atoms with E-state index in [1.165, 1.54) is 60.7 Å². The van der Waals surface area contributed by atoms with E-state index in [0.717, 1.165) is 3.95 Å². The molecule has 2 rings (SSSR count). The van der Waals surface area contributed by atoms with Crippen LogP contribution in [0.15, 0.2) is 18.2 Å². The molecule has 0 unspecified atom stereocenters. The molecule has 1 N–H and O–H groups in total. The van der Waals surface area contributed by atoms with Crippen molar-refractivity contribution >= 4 is 33.8 Å². The highest BCUT2D eigenvalue weighted by atomic mass is 32.1. The molecule has 18 heavy (non-hydrogen) atoms. The molecule has 98 valence electrons. The molecular formula is C15H21NS2. The SMILES string of the molecule is CCCCCCCCc1ccc2[nH]c(=S)sc2c1. The lowest BCUT2D eigenvalue weighted by molar-refractivity contribution is 0.607. The van der Waals surface area contributed by atoms with Crippen molar-refractivity contribution in [2.45, 2.75) is 51.9 Å². The van der Waals surface area contributed by atoms with Gasteiger partial charge in [0, 0.05) is 0 Å². The van der Waals surface area contributed by atoms with Gasteiger partial charge in [-0.2, -0.15) is 0 Å². The molecule has 0 aliphatic carbocycles. The standard InChI is InChI=1S/C15H21NS2/c1-2-3-4-5-6-7-8-12-9-10-13-14(11-12)18-15(17)16-13/h9-11H,2-8H2,1H3,(H,16,17). The van der Waals surface area contributed by atoms with Gasteiger partial charge in [0.1, 0.15) is 0 Å². The Hall–Kier alpha value is -0.670. The summed E-state index contributed by atoms with van der Waals surface area (Å²) >= 11 is 6.84. The first-order chi connectivity index (χ1) is 8.79. The normalized spacial score (nSPS) is 11.2. The summed E-state index contributed by atoms with van der Waals surface area (Å²) in [6.07, 6.45) is 9.38. The Morgan fingerprint density at radius 1 is 1.11 bits per heavy atom. The van der Waals surface area contributed by atoms with Crippen LogP contribution in [0.25, 0.3) is 10.2 Å². The van der Waals surface area contributed by atoms with Crippen LogP contribution >= 0.6 is 23.6 Å². The molecule has 0 fully saturated rings. The average molecular weight is 279 g/mol. The minimum Gasteiger partial charge on any atom is -0.337 e. The Morgan fingerprint density at radius 3 is 2.72 bits per heavy atom. The Morgan fingerprint density at radius 2 is 1.89 bits per heavy atom. The minimum atomic E-state index is 0.877. The molecule has 0 atom stereocenters. The fourth-order valence-electron chi connectivity index (χ4n) is 2.25. The van der Waals surface area contributed by atoms with Crippen LogP contribution in [-0.2, 0) is 6.42 Å². The maximum atomic E-state index is 5.17. The third-order valence-electron chi connectivity index (χ3n) is 3.30. The first-order valence-electron chi connectivity index (χ1n) is 6.91. The van der Waals surface area contributed by atoms with E-state index in [0.29, 0.717) is 0 Å². The summed E-state index contributed by atoms with van der Waals surface area (Å²) in [7, 11) is 0. The Bertz CT molecular complexity index is 539. The first kappa shape index (κ1) is 13.8. The third-order valence-corrected chi connectivity index (χ3v) is 4.50. The van der Waals surface area contributed by atoms with Crippen molar-refractivity contribution in [3.8, 4) is 0 Å². The Labute approximate surface area is 118 Å². The lowest BCUT2D eigenvalue weighted by Crippen LogP contribution is -1.86. The van der Waals surface area contributed by atoms with Crippen molar-refractivity contribution in [2.75, 3.05) is 0 Å². The number of nitrogens with one attached hydrogen (secondary N) is 1. The van der Waals surface area contributed by atoms with E-state index < -0.39 is 0 Å². The van der Waals surface area contributed by atoms with Crippen LogP contribution in [0.5, 0.6) is 0 Å².